The van der Waals surface area contributed by atoms with Gasteiger partial charge in [-0.15, -0.1) is 0 Å². The van der Waals surface area contributed by atoms with E-state index in [9.17, 15) is 14.7 Å². The number of piperazine rings is 1. The van der Waals surface area contributed by atoms with Crippen LogP contribution in [0.15, 0.2) is 59.5 Å². The highest BCUT2D eigenvalue weighted by molar-refractivity contribution is 5.96. The van der Waals surface area contributed by atoms with Crippen molar-refractivity contribution in [3.05, 3.63) is 81.9 Å². The molecule has 0 bridgehead atoms. The molecule has 1 saturated heterocycles. The Balaban J connectivity index is 1.59. The first-order chi connectivity index (χ1) is 15.4. The lowest BCUT2D eigenvalue weighted by molar-refractivity contribution is 0.0695. The van der Waals surface area contributed by atoms with Crippen LogP contribution in [0.25, 0.3) is 21.9 Å². The molecule has 4 aromatic rings. The van der Waals surface area contributed by atoms with Crippen LogP contribution >= 0.6 is 0 Å². The summed E-state index contributed by atoms with van der Waals surface area (Å²) in [6.07, 6.45) is 1.26. The van der Waals surface area contributed by atoms with E-state index in [2.05, 4.69) is 22.4 Å². The zero-order valence-corrected chi connectivity index (χ0v) is 17.4. The largest absolute Gasteiger partial charge is 0.477 e. The first-order valence-electron chi connectivity index (χ1n) is 10.3. The average molecular weight is 432 g/mol. The molecule has 2 aromatic carbocycles. The van der Waals surface area contributed by atoms with Crippen LogP contribution < -0.4 is 15.6 Å². The number of aryl methyl sites for hydroxylation is 1. The molecular weight excluding hydrogens is 411 g/mol. The summed E-state index contributed by atoms with van der Waals surface area (Å²) in [5.74, 6) is -1.71. The molecule has 8 heteroatoms. The quantitative estimate of drug-likeness (QED) is 0.484. The molecule has 0 saturated carbocycles. The highest BCUT2D eigenvalue weighted by Crippen LogP contribution is 2.29. The van der Waals surface area contributed by atoms with E-state index < -0.39 is 17.2 Å². The smallest absolute Gasteiger partial charge is 0.341 e. The Morgan fingerprint density at radius 1 is 1.22 bits per heavy atom. The fourth-order valence-electron chi connectivity index (χ4n) is 4.34. The molecule has 162 valence electrons. The molecular formula is C24H21FN4O3. The number of rotatable bonds is 3. The number of hydrogen-bond acceptors (Lipinski definition) is 5. The van der Waals surface area contributed by atoms with Crippen LogP contribution in [0.4, 0.5) is 10.1 Å². The van der Waals surface area contributed by atoms with Gasteiger partial charge in [0.15, 0.2) is 0 Å². The van der Waals surface area contributed by atoms with Crippen LogP contribution in [0.5, 0.6) is 0 Å². The molecule has 3 heterocycles. The second-order valence-electron chi connectivity index (χ2n) is 8.01. The van der Waals surface area contributed by atoms with Crippen molar-refractivity contribution in [3.8, 4) is 0 Å². The van der Waals surface area contributed by atoms with Gasteiger partial charge in [-0.05, 0) is 23.8 Å². The van der Waals surface area contributed by atoms with Gasteiger partial charge >= 0.3 is 5.97 Å². The second kappa shape index (κ2) is 7.72. The Bertz CT molecular complexity index is 1420. The van der Waals surface area contributed by atoms with Crippen LogP contribution in [-0.4, -0.2) is 40.3 Å². The maximum atomic E-state index is 15.2. The molecule has 0 aliphatic carbocycles. The van der Waals surface area contributed by atoms with E-state index >= 15 is 4.39 Å². The summed E-state index contributed by atoms with van der Waals surface area (Å²) in [6.45, 7) is 1.98. The minimum absolute atomic E-state index is 0.0832. The predicted octanol–water partition coefficient (Wildman–Crippen LogP) is 3.07. The van der Waals surface area contributed by atoms with Gasteiger partial charge < -0.3 is 19.9 Å². The molecule has 2 N–H and O–H groups in total. The number of nitrogens with zero attached hydrogens (tertiary/aromatic N) is 3. The van der Waals surface area contributed by atoms with Crippen molar-refractivity contribution in [1.82, 2.24) is 14.9 Å². The Hall–Kier alpha value is -3.78. The van der Waals surface area contributed by atoms with E-state index in [4.69, 9.17) is 0 Å². The number of aromatic nitrogens is 2. The summed E-state index contributed by atoms with van der Waals surface area (Å²) in [5, 5.41) is 13.4. The van der Waals surface area contributed by atoms with Gasteiger partial charge in [0.25, 0.3) is 0 Å². The lowest BCUT2D eigenvalue weighted by atomic mass is 10.0. The highest BCUT2D eigenvalue weighted by atomic mass is 19.1. The maximum Gasteiger partial charge on any atom is 0.341 e. The molecule has 0 radical (unpaired) electrons. The molecule has 0 amide bonds. The van der Waals surface area contributed by atoms with Crippen LogP contribution in [0.1, 0.15) is 22.0 Å². The molecule has 0 unspecified atom stereocenters. The Labute approximate surface area is 182 Å². The average Bonchev–Trinajstić information content (AvgIpc) is 2.80. The summed E-state index contributed by atoms with van der Waals surface area (Å²) in [4.78, 5) is 30.5. The minimum Gasteiger partial charge on any atom is -0.477 e. The van der Waals surface area contributed by atoms with E-state index in [0.717, 1.165) is 5.56 Å². The molecule has 7 nitrogen and oxygen atoms in total. The normalized spacial score (nSPS) is 16.6. The van der Waals surface area contributed by atoms with Crippen molar-refractivity contribution in [1.29, 1.82) is 0 Å². The number of fused-ring (bicyclic) bond motifs is 2. The van der Waals surface area contributed by atoms with Crippen molar-refractivity contribution < 1.29 is 14.3 Å². The van der Waals surface area contributed by atoms with Gasteiger partial charge in [-0.3, -0.25) is 4.79 Å². The van der Waals surface area contributed by atoms with Gasteiger partial charge in [-0.2, -0.15) is 0 Å². The monoisotopic (exact) mass is 432 g/mol. The summed E-state index contributed by atoms with van der Waals surface area (Å²) in [7, 11) is 1.64. The van der Waals surface area contributed by atoms with Crippen LogP contribution in [-0.2, 0) is 7.05 Å². The zero-order valence-electron chi connectivity index (χ0n) is 17.4. The number of pyridine rings is 2. The molecule has 32 heavy (non-hydrogen) atoms. The lowest BCUT2D eigenvalue weighted by Gasteiger charge is -2.35. The summed E-state index contributed by atoms with van der Waals surface area (Å²) in [5.41, 5.74) is 1.53. The Morgan fingerprint density at radius 3 is 2.75 bits per heavy atom. The first kappa shape index (κ1) is 20.1. The van der Waals surface area contributed by atoms with Gasteiger partial charge in [-0.1, -0.05) is 30.3 Å². The van der Waals surface area contributed by atoms with Crippen LogP contribution in [0, 0.1) is 5.82 Å². The number of carboxylic acid groups (broad SMARTS) is 1. The SMILES string of the molecule is Cn1cc(C(=O)O)c(=O)c2cc3cc(F)c(N4CCN[C@H](c5ccccc5)C4)cc3nc21. The fraction of sp³-hybridized carbons (Fsp3) is 0.208. The summed E-state index contributed by atoms with van der Waals surface area (Å²) in [6, 6.07) is 14.7. The molecule has 5 rings (SSSR count). The summed E-state index contributed by atoms with van der Waals surface area (Å²) >= 11 is 0. The molecule has 2 aromatic heterocycles. The predicted molar refractivity (Wildman–Crippen MR) is 121 cm³/mol. The molecule has 1 aliphatic heterocycles. The zero-order chi connectivity index (χ0) is 22.4. The number of nitrogens with one attached hydrogen (secondary N) is 1. The molecule has 0 spiro atoms. The molecule has 1 fully saturated rings. The number of carbonyl (C=O) groups is 1. The number of halogens is 1. The van der Waals surface area contributed by atoms with Crippen molar-refractivity contribution >= 4 is 33.6 Å². The van der Waals surface area contributed by atoms with E-state index in [0.29, 0.717) is 41.9 Å². The fourth-order valence-corrected chi connectivity index (χ4v) is 4.34. The number of aromatic carboxylic acids is 1. The van der Waals surface area contributed by atoms with Gasteiger partial charge in [0.05, 0.1) is 16.6 Å². The van der Waals surface area contributed by atoms with Gasteiger partial charge in [0.2, 0.25) is 5.43 Å². The van der Waals surface area contributed by atoms with Crippen molar-refractivity contribution in [2.24, 2.45) is 7.05 Å². The number of carboxylic acids is 1. The Kier molecular flexibility index (Phi) is 4.86. The Morgan fingerprint density at radius 2 is 2.00 bits per heavy atom. The maximum absolute atomic E-state index is 15.2. The third-order valence-electron chi connectivity index (χ3n) is 5.96. The first-order valence-corrected chi connectivity index (χ1v) is 10.3. The van der Waals surface area contributed by atoms with E-state index in [1.807, 2.05) is 23.1 Å². The standard InChI is InChI=1S/C24H21FN4O3/c1-28-12-17(24(31)32)22(30)16-9-15-10-18(25)21(11-19(15)27-23(16)28)29-8-7-26-20(13-29)14-5-3-2-4-6-14/h2-6,9-12,20,26H,7-8,13H2,1H3,(H,31,32)/t20-/m0/s1. The van der Waals surface area contributed by atoms with Gasteiger partial charge in [-0.25, -0.2) is 14.2 Å². The molecule has 1 atom stereocenters. The summed E-state index contributed by atoms with van der Waals surface area (Å²) < 4.78 is 16.7. The number of hydrogen-bond donors (Lipinski definition) is 2. The van der Waals surface area contributed by atoms with Gasteiger partial charge in [0, 0.05) is 44.3 Å². The van der Waals surface area contributed by atoms with Crippen LogP contribution in [0.2, 0.25) is 0 Å². The lowest BCUT2D eigenvalue weighted by Crippen LogP contribution is -2.46. The van der Waals surface area contributed by atoms with Gasteiger partial charge in [0.1, 0.15) is 17.0 Å². The highest BCUT2D eigenvalue weighted by Gasteiger charge is 2.24. The second-order valence-corrected chi connectivity index (χ2v) is 8.01. The van der Waals surface area contributed by atoms with Crippen molar-refractivity contribution in [2.45, 2.75) is 6.04 Å². The molecule has 1 aliphatic rings. The minimum atomic E-state index is -1.30. The number of anilines is 1. The topological polar surface area (TPSA) is 87.5 Å². The number of benzene rings is 2. The van der Waals surface area contributed by atoms with Crippen molar-refractivity contribution in [3.63, 3.8) is 0 Å². The van der Waals surface area contributed by atoms with Crippen molar-refractivity contribution in [2.75, 3.05) is 24.5 Å². The van der Waals surface area contributed by atoms with E-state index in [1.165, 1.54) is 22.9 Å². The van der Waals surface area contributed by atoms with E-state index in [-0.39, 0.29) is 17.0 Å². The van der Waals surface area contributed by atoms with E-state index in [1.54, 1.807) is 13.1 Å². The van der Waals surface area contributed by atoms with Crippen LogP contribution in [0.3, 0.4) is 0 Å². The third kappa shape index (κ3) is 3.38. The third-order valence-corrected chi connectivity index (χ3v) is 5.96.